The van der Waals surface area contributed by atoms with E-state index in [1.165, 1.54) is 23.1 Å². The van der Waals surface area contributed by atoms with Crippen molar-refractivity contribution in [1.29, 1.82) is 0 Å². The quantitative estimate of drug-likeness (QED) is 0.419. The molecule has 1 aliphatic rings. The molecular weight excluding hydrogens is 406 g/mol. The first-order valence-electron chi connectivity index (χ1n) is 11.0. The van der Waals surface area contributed by atoms with Crippen LogP contribution in [0.5, 0.6) is 0 Å². The number of rotatable bonds is 8. The van der Waals surface area contributed by atoms with E-state index in [0.717, 1.165) is 36.9 Å². The van der Waals surface area contributed by atoms with Crippen LogP contribution in [0.15, 0.2) is 54.6 Å². The van der Waals surface area contributed by atoms with E-state index in [0.29, 0.717) is 18.5 Å². The van der Waals surface area contributed by atoms with Crippen molar-refractivity contribution in [3.05, 3.63) is 71.4 Å². The molecule has 1 amide bonds. The zero-order valence-electron chi connectivity index (χ0n) is 18.5. The van der Waals surface area contributed by atoms with Gasteiger partial charge in [-0.3, -0.25) is 9.63 Å². The van der Waals surface area contributed by atoms with E-state index in [9.17, 15) is 9.59 Å². The molecular formula is C25H29N3O4. The number of fused-ring (bicyclic) bond motifs is 3. The normalized spacial score (nSPS) is 16.0. The number of hydrogen-bond donors (Lipinski definition) is 1. The summed E-state index contributed by atoms with van der Waals surface area (Å²) in [6.07, 6.45) is 3.54. The molecule has 1 aliphatic heterocycles. The number of benzene rings is 2. The van der Waals surface area contributed by atoms with Crippen LogP contribution in [-0.2, 0) is 20.9 Å². The largest absolute Gasteiger partial charge is 0.363 e. The highest BCUT2D eigenvalue weighted by Crippen LogP contribution is 2.37. The molecule has 7 nitrogen and oxygen atoms in total. The number of aromatic nitrogens is 1. The van der Waals surface area contributed by atoms with Crippen molar-refractivity contribution in [3.63, 3.8) is 0 Å². The molecule has 32 heavy (non-hydrogen) atoms. The van der Waals surface area contributed by atoms with Crippen molar-refractivity contribution in [2.24, 2.45) is 0 Å². The molecule has 7 heteroatoms. The lowest BCUT2D eigenvalue weighted by Crippen LogP contribution is -2.37. The maximum absolute atomic E-state index is 12.7. The summed E-state index contributed by atoms with van der Waals surface area (Å²) in [7, 11) is 3.10. The number of carbonyl (C=O) groups is 2. The van der Waals surface area contributed by atoms with Gasteiger partial charge in [-0.1, -0.05) is 42.8 Å². The number of H-pyrrole nitrogens is 1. The van der Waals surface area contributed by atoms with Crippen molar-refractivity contribution < 1.29 is 19.3 Å². The maximum Gasteiger partial charge on any atom is 0.357 e. The molecule has 2 aromatic carbocycles. The maximum atomic E-state index is 12.7. The predicted octanol–water partition coefficient (Wildman–Crippen LogP) is 4.42. The Morgan fingerprint density at radius 1 is 1.09 bits per heavy atom. The van der Waals surface area contributed by atoms with Crippen molar-refractivity contribution in [3.8, 4) is 0 Å². The third-order valence-corrected chi connectivity index (χ3v) is 6.06. The number of nitrogens with zero attached hydrogens (tertiary/aromatic N) is 2. The molecule has 1 N–H and O–H groups in total. The Balaban J connectivity index is 1.51. The molecule has 0 bridgehead atoms. The molecule has 168 valence electrons. The topological polar surface area (TPSA) is 74.9 Å². The molecule has 0 fully saturated rings. The molecule has 0 saturated carbocycles. The molecule has 0 aliphatic carbocycles. The second-order valence-electron chi connectivity index (χ2n) is 8.03. The molecule has 0 spiro atoms. The fraction of sp³-hybridized carbons (Fsp3) is 0.360. The van der Waals surface area contributed by atoms with Crippen molar-refractivity contribution in [1.82, 2.24) is 15.1 Å². The molecule has 0 radical (unpaired) electrons. The Labute approximate surface area is 187 Å². The standard InChI is InChI=1S/C25H29N3O4/c1-27(31-2)23(29)15-9-8-14-22-24-20(19-12-6-7-13-21(19)26-24)16-17-28(22)32-25(30)18-10-4-3-5-11-18/h3-7,10-13,22,26H,8-9,14-17H2,1-2H3. The number of carbonyl (C=O) groups excluding carboxylic acids is 2. The molecule has 4 rings (SSSR count). The summed E-state index contributed by atoms with van der Waals surface area (Å²) in [5.74, 6) is -0.401. The number of para-hydroxylation sites is 1. The average Bonchev–Trinajstić information content (AvgIpc) is 3.21. The lowest BCUT2D eigenvalue weighted by atomic mass is 9.95. The third-order valence-electron chi connectivity index (χ3n) is 6.06. The van der Waals surface area contributed by atoms with E-state index < -0.39 is 0 Å². The Morgan fingerprint density at radius 2 is 1.84 bits per heavy atom. The zero-order valence-corrected chi connectivity index (χ0v) is 18.5. The van der Waals surface area contributed by atoms with Gasteiger partial charge in [0.1, 0.15) is 0 Å². The van der Waals surface area contributed by atoms with Crippen molar-refractivity contribution >= 4 is 22.8 Å². The Kier molecular flexibility index (Phi) is 6.87. The molecule has 1 aromatic heterocycles. The summed E-state index contributed by atoms with van der Waals surface area (Å²) in [6, 6.07) is 17.2. The van der Waals surface area contributed by atoms with E-state index in [1.807, 2.05) is 30.3 Å². The summed E-state index contributed by atoms with van der Waals surface area (Å²) in [5.41, 5.74) is 4.00. The van der Waals surface area contributed by atoms with E-state index in [-0.39, 0.29) is 17.9 Å². The highest BCUT2D eigenvalue weighted by atomic mass is 16.7. The minimum atomic E-state index is -0.355. The Hall–Kier alpha value is -3.16. The van der Waals surface area contributed by atoms with Crippen LogP contribution in [0.1, 0.15) is 53.3 Å². The molecule has 0 saturated heterocycles. The predicted molar refractivity (Wildman–Crippen MR) is 122 cm³/mol. The third kappa shape index (κ3) is 4.69. The van der Waals surface area contributed by atoms with E-state index >= 15 is 0 Å². The molecule has 1 atom stereocenters. The summed E-state index contributed by atoms with van der Waals surface area (Å²) >= 11 is 0. The van der Waals surface area contributed by atoms with Crippen LogP contribution in [0.3, 0.4) is 0 Å². The Morgan fingerprint density at radius 3 is 2.62 bits per heavy atom. The van der Waals surface area contributed by atoms with Crippen molar-refractivity contribution in [2.45, 2.75) is 38.1 Å². The number of amides is 1. The summed E-state index contributed by atoms with van der Waals surface area (Å²) < 4.78 is 0. The number of nitrogens with one attached hydrogen (secondary N) is 1. The van der Waals surface area contributed by atoms with Gasteiger partial charge in [0, 0.05) is 36.6 Å². The molecule has 1 unspecified atom stereocenters. The van der Waals surface area contributed by atoms with Crippen LogP contribution < -0.4 is 0 Å². The number of aromatic amines is 1. The lowest BCUT2D eigenvalue weighted by Gasteiger charge is -2.34. The fourth-order valence-electron chi connectivity index (χ4n) is 4.30. The lowest BCUT2D eigenvalue weighted by molar-refractivity contribution is -0.168. The van der Waals surface area contributed by atoms with E-state index in [1.54, 1.807) is 24.2 Å². The number of unbranched alkanes of at least 4 members (excludes halogenated alkanes) is 1. The van der Waals surface area contributed by atoms with Gasteiger partial charge in [0.15, 0.2) is 0 Å². The molecule has 3 aromatic rings. The van der Waals surface area contributed by atoms with E-state index in [4.69, 9.17) is 9.68 Å². The van der Waals surface area contributed by atoms with Gasteiger partial charge in [0.05, 0.1) is 18.7 Å². The van der Waals surface area contributed by atoms with E-state index in [2.05, 4.69) is 17.1 Å². The van der Waals surface area contributed by atoms with Gasteiger partial charge in [-0.25, -0.2) is 9.86 Å². The number of hydrogen-bond acceptors (Lipinski definition) is 5. The van der Waals surface area contributed by atoms with Gasteiger partial charge in [0.2, 0.25) is 5.91 Å². The fourth-order valence-corrected chi connectivity index (χ4v) is 4.30. The minimum Gasteiger partial charge on any atom is -0.363 e. The monoisotopic (exact) mass is 435 g/mol. The smallest absolute Gasteiger partial charge is 0.357 e. The highest BCUT2D eigenvalue weighted by Gasteiger charge is 2.33. The second-order valence-corrected chi connectivity index (χ2v) is 8.03. The molecule has 2 heterocycles. The van der Waals surface area contributed by atoms with Crippen LogP contribution in [0.25, 0.3) is 10.9 Å². The van der Waals surface area contributed by atoms with Gasteiger partial charge < -0.3 is 9.82 Å². The van der Waals surface area contributed by atoms with Crippen LogP contribution in [-0.4, -0.2) is 47.7 Å². The minimum absolute atomic E-state index is 0.0465. The summed E-state index contributed by atoms with van der Waals surface area (Å²) in [4.78, 5) is 39.1. The van der Waals surface area contributed by atoms with Gasteiger partial charge in [-0.05, 0) is 43.0 Å². The number of hydroxylamine groups is 4. The summed E-state index contributed by atoms with van der Waals surface area (Å²) in [5, 5.41) is 4.28. The van der Waals surface area contributed by atoms with Crippen LogP contribution in [0.4, 0.5) is 0 Å². The van der Waals surface area contributed by atoms with Gasteiger partial charge in [0.25, 0.3) is 0 Å². The first-order chi connectivity index (χ1) is 15.6. The SMILES string of the molecule is CON(C)C(=O)CCCCC1c2[nH]c3ccccc3c2CCN1OC(=O)c1ccccc1. The van der Waals surface area contributed by atoms with Crippen LogP contribution in [0.2, 0.25) is 0 Å². The van der Waals surface area contributed by atoms with Gasteiger partial charge in [-0.15, -0.1) is 5.06 Å². The second kappa shape index (κ2) is 9.97. The first kappa shape index (κ1) is 22.0. The van der Waals surface area contributed by atoms with Crippen molar-refractivity contribution in [2.75, 3.05) is 20.7 Å². The average molecular weight is 436 g/mol. The van der Waals surface area contributed by atoms with Crippen LogP contribution in [0, 0.1) is 0 Å². The van der Waals surface area contributed by atoms with Gasteiger partial charge >= 0.3 is 5.97 Å². The summed E-state index contributed by atoms with van der Waals surface area (Å²) in [6.45, 7) is 0.628. The zero-order chi connectivity index (χ0) is 22.5. The Bertz CT molecular complexity index is 1080. The first-order valence-corrected chi connectivity index (χ1v) is 11.0. The van der Waals surface area contributed by atoms with Gasteiger partial charge in [-0.2, -0.15) is 0 Å². The highest BCUT2D eigenvalue weighted by molar-refractivity contribution is 5.89. The van der Waals surface area contributed by atoms with Crippen LogP contribution >= 0.6 is 0 Å².